The van der Waals surface area contributed by atoms with Crippen LogP contribution in [0.4, 0.5) is 0 Å². The Hall–Kier alpha value is -8.63. The van der Waals surface area contributed by atoms with E-state index in [9.17, 15) is 15.3 Å². The summed E-state index contributed by atoms with van der Waals surface area (Å²) in [6.07, 6.45) is 27.3. The van der Waals surface area contributed by atoms with Crippen LogP contribution in [0.3, 0.4) is 0 Å². The van der Waals surface area contributed by atoms with E-state index < -0.39 is 65.8 Å². The molecule has 11 nitrogen and oxygen atoms in total. The molecule has 11 heteroatoms. The van der Waals surface area contributed by atoms with Crippen LogP contribution in [0, 0.1) is 53.3 Å². The van der Waals surface area contributed by atoms with E-state index in [1.54, 1.807) is 0 Å². The number of carbonyl (C=O) groups excluding carboxylic acids is 2. The van der Waals surface area contributed by atoms with E-state index >= 15 is 14.4 Å². The third-order valence-electron chi connectivity index (χ3n) is 28.4. The van der Waals surface area contributed by atoms with Crippen LogP contribution in [-0.2, 0) is 60.5 Å². The van der Waals surface area contributed by atoms with Crippen LogP contribution in [-0.4, -0.2) is 65.9 Å². The number of rotatable bonds is 7. The van der Waals surface area contributed by atoms with Gasteiger partial charge in [0.2, 0.25) is 0 Å². The minimum absolute atomic E-state index is 0.000286. The van der Waals surface area contributed by atoms with Crippen molar-refractivity contribution in [1.82, 2.24) is 0 Å². The lowest BCUT2D eigenvalue weighted by Gasteiger charge is -2.55. The van der Waals surface area contributed by atoms with Gasteiger partial charge in [-0.3, -0.25) is 4.79 Å². The molecule has 0 radical (unpaired) electrons. The maximum absolute atomic E-state index is 16.8. The first-order chi connectivity index (χ1) is 50.4. The van der Waals surface area contributed by atoms with Crippen LogP contribution in [0.1, 0.15) is 220 Å². The Morgan fingerprint density at radius 1 is 0.738 bits per heavy atom. The maximum atomic E-state index is 16.8. The summed E-state index contributed by atoms with van der Waals surface area (Å²) in [5.74, 6) is 5.57. The van der Waals surface area contributed by atoms with Crippen molar-refractivity contribution in [1.29, 1.82) is 0 Å². The Balaban J connectivity index is 0.882. The minimum atomic E-state index is -1.53. The Morgan fingerprint density at radius 3 is 2.45 bits per heavy atom. The summed E-state index contributed by atoms with van der Waals surface area (Å²) in [6.45, 7) is 0.698. The molecule has 0 amide bonds. The first-order valence-electron chi connectivity index (χ1n) is 38.4. The van der Waals surface area contributed by atoms with Gasteiger partial charge in [-0.15, -0.1) is 0 Å². The van der Waals surface area contributed by atoms with Gasteiger partial charge in [-0.2, -0.15) is 0 Å². The first-order valence-corrected chi connectivity index (χ1v) is 38.4. The number of esters is 2. The zero-order chi connectivity index (χ0) is 69.4. The highest BCUT2D eigenvalue weighted by Crippen LogP contribution is 2.68. The smallest absolute Gasteiger partial charge is 0.340 e. The van der Waals surface area contributed by atoms with Gasteiger partial charge in [-0.25, -0.2) is 9.59 Å². The van der Waals surface area contributed by atoms with E-state index in [-0.39, 0.29) is 114 Å². The molecule has 7 aromatic rings. The number of ether oxygens (including phenoxy) is 4. The van der Waals surface area contributed by atoms with Crippen molar-refractivity contribution in [3.05, 3.63) is 262 Å². The highest BCUT2D eigenvalue weighted by Gasteiger charge is 2.66. The lowest BCUT2D eigenvalue weighted by atomic mass is 9.48. The van der Waals surface area contributed by atoms with Crippen molar-refractivity contribution in [3.63, 3.8) is 0 Å². The number of hydrogen-bond acceptors (Lipinski definition) is 11. The van der Waals surface area contributed by atoms with Crippen LogP contribution >= 0.6 is 0 Å². The van der Waals surface area contributed by atoms with Gasteiger partial charge in [0.1, 0.15) is 11.3 Å². The SMILES string of the molecule is COC[C@@H](CCO)c1c(CO)c2ccc3c(c2oc1=O)[C@H]1OC(=O)C[C@H]2C[C@@H]4C=C[C@H]2c2ccc5c6c2[C@H]2C#CC[C@]7(O3)[C@@H]3C[C@@H]8c9ccccc9C=C[C@@H]8[C@@H]3C[C@@]6(C=C2)C[C@H](Cc2ccc(cc2)Cc2ccc3c(c2)[C@@]26c8cccc4c8CC[C@H]2CCC[C@H]6C=C3)[C@H]5C/C(=C(\C)CO)C(=O)O[C@@H]17. The van der Waals surface area contributed by atoms with Crippen LogP contribution in [0.5, 0.6) is 5.75 Å². The minimum Gasteiger partial charge on any atom is -0.481 e. The average molecular weight is 1370 g/mol. The number of allylic oxidation sites excluding steroid dienone is 6. The molecular weight excluding hydrogens is 1280 g/mol. The van der Waals surface area contributed by atoms with E-state index in [1.165, 1.54) is 97.8 Å². The largest absolute Gasteiger partial charge is 0.481 e. The molecule has 3 spiro atoms. The van der Waals surface area contributed by atoms with Crippen molar-refractivity contribution in [3.8, 4) is 17.6 Å². The van der Waals surface area contributed by atoms with Gasteiger partial charge >= 0.3 is 17.6 Å². The fourth-order valence-electron chi connectivity index (χ4n) is 24.3. The van der Waals surface area contributed by atoms with Crippen molar-refractivity contribution in [2.24, 2.45) is 41.4 Å². The van der Waals surface area contributed by atoms with Gasteiger partial charge < -0.3 is 38.7 Å². The van der Waals surface area contributed by atoms with Gasteiger partial charge in [0.05, 0.1) is 37.7 Å². The molecule has 1 saturated heterocycles. The zero-order valence-corrected chi connectivity index (χ0v) is 58.7. The Bertz CT molecular complexity index is 5040. The van der Waals surface area contributed by atoms with Crippen LogP contribution in [0.15, 0.2) is 166 Å². The van der Waals surface area contributed by atoms with Gasteiger partial charge in [0, 0.05) is 71.2 Å². The number of hydrogen-bond donors (Lipinski definition) is 3. The zero-order valence-electron chi connectivity index (χ0n) is 58.7. The van der Waals surface area contributed by atoms with Gasteiger partial charge in [-0.1, -0.05) is 164 Å². The van der Waals surface area contributed by atoms with E-state index in [0.717, 1.165) is 44.9 Å². The van der Waals surface area contributed by atoms with Crippen molar-refractivity contribution in [2.75, 3.05) is 26.9 Å². The molecule has 0 unspecified atom stereocenters. The summed E-state index contributed by atoms with van der Waals surface area (Å²) in [5.41, 5.74) is 16.8. The molecule has 103 heavy (non-hydrogen) atoms. The van der Waals surface area contributed by atoms with E-state index in [4.69, 9.17) is 23.4 Å². The predicted octanol–water partition coefficient (Wildman–Crippen LogP) is 16.0. The summed E-state index contributed by atoms with van der Waals surface area (Å²) in [7, 11) is 1.54. The lowest BCUT2D eigenvalue weighted by Crippen LogP contribution is -2.61. The number of fused-ring (bicyclic) bond motifs is 7. The molecule has 3 aliphatic heterocycles. The Morgan fingerprint density at radius 2 is 1.58 bits per heavy atom. The molecule has 3 N–H and O–H groups in total. The molecule has 522 valence electrons. The van der Waals surface area contributed by atoms with Crippen LogP contribution < -0.4 is 10.4 Å². The summed E-state index contributed by atoms with van der Waals surface area (Å²) in [5, 5.41) is 34.1. The van der Waals surface area contributed by atoms with E-state index in [2.05, 4.69) is 158 Å². The highest BCUT2D eigenvalue weighted by molar-refractivity contribution is 5.91. The van der Waals surface area contributed by atoms with E-state index in [0.29, 0.717) is 52.5 Å². The molecular formula is C92H88O11. The molecule has 2 saturated carbocycles. The number of benzene rings is 6. The molecule has 1 aromatic heterocycles. The second-order valence-electron chi connectivity index (χ2n) is 33.1. The molecule has 4 heterocycles. The molecule has 3 fully saturated rings. The van der Waals surface area contributed by atoms with Gasteiger partial charge in [0.15, 0.2) is 17.8 Å². The highest BCUT2D eigenvalue weighted by atomic mass is 16.6. The number of methoxy groups -OCH3 is 1. The Kier molecular flexibility index (Phi) is 15.1. The van der Waals surface area contributed by atoms with Crippen molar-refractivity contribution >= 4 is 35.1 Å². The normalized spacial score (nSPS) is 33.7. The summed E-state index contributed by atoms with van der Waals surface area (Å²) < 4.78 is 35.6. The van der Waals surface area contributed by atoms with Gasteiger partial charge in [-0.05, 0) is 232 Å². The molecule has 28 rings (SSSR count). The lowest BCUT2D eigenvalue weighted by molar-refractivity contribution is -0.205. The standard InChI is InChI=1S/C92H88O11/c1-50(47-94)71-43-72-60-39-52-17-15-51(16-18-52)38-53-19-20-55-21-24-61-10-5-11-62-25-28-67-64(13-6-14-76(67)92(61,62)77(55)40-53)57-23-26-65-59(41-57)42-80(96)100-86-83-79(32-31-70-75(48-95)82(89(98)101-85(70)83)58(34-37-93)49-99-2)103-91(87(86)102-88(71)97)35-7-9-56-33-36-90(45-60,84-69(72)30-29-68(65)81(56)84)46-74-66-27-22-54-8-3-4-12-63(54)73(66)44-78(74)91/h3-4,6,8,12-24,26-27,29-33,36,40,56-62,65-66,72-74,78,86-87,93-95H,5,10-11,25,28,34-35,37-39,41-49H2,1-2H3/b71-50-/t56-,57-,58+,59+,60-,61-,62+,65+,66-,72+,73+,74-,78+,86+,87-,90+,91-,92+/m0/s1. The first kappa shape index (κ1) is 64.0. The number of aliphatic hydroxyl groups excluding tert-OH is 3. The summed E-state index contributed by atoms with van der Waals surface area (Å²) in [4.78, 5) is 48.7. The van der Waals surface area contributed by atoms with Crippen molar-refractivity contribution in [2.45, 2.75) is 174 Å². The summed E-state index contributed by atoms with van der Waals surface area (Å²) >= 11 is 0. The van der Waals surface area contributed by atoms with E-state index in [1.807, 2.05) is 19.1 Å². The van der Waals surface area contributed by atoms with Gasteiger partial charge in [0.25, 0.3) is 0 Å². The quantitative estimate of drug-likeness (QED) is 0.0458. The number of carbonyl (C=O) groups is 2. The molecule has 21 bridgehead atoms. The third-order valence-corrected chi connectivity index (χ3v) is 28.4. The summed E-state index contributed by atoms with van der Waals surface area (Å²) in [6, 6.07) is 41.2. The van der Waals surface area contributed by atoms with Crippen molar-refractivity contribution < 1.29 is 48.3 Å². The fourth-order valence-corrected chi connectivity index (χ4v) is 24.3. The third kappa shape index (κ3) is 9.44. The van der Waals surface area contributed by atoms with Crippen LogP contribution in [0.2, 0.25) is 0 Å². The average Bonchev–Trinajstić information content (AvgIpc) is 1.69. The fraction of sp³-hybridized carbons (Fsp3) is 0.424. The second kappa shape index (κ2) is 24.2. The van der Waals surface area contributed by atoms with Crippen LogP contribution in [0.25, 0.3) is 23.1 Å². The molecule has 18 atom stereocenters. The predicted molar refractivity (Wildman–Crippen MR) is 395 cm³/mol. The second-order valence-corrected chi connectivity index (χ2v) is 33.1. The Labute approximate surface area is 601 Å². The monoisotopic (exact) mass is 1370 g/mol. The topological polar surface area (TPSA) is 162 Å². The maximum Gasteiger partial charge on any atom is 0.340 e. The number of aliphatic hydroxyl groups is 3. The molecule has 18 aliphatic carbocycles. The molecule has 6 aromatic carbocycles. The molecule has 21 aliphatic rings.